The Morgan fingerprint density at radius 1 is 1.36 bits per heavy atom. The predicted molar refractivity (Wildman–Crippen MR) is 57.3 cm³/mol. The first-order valence-corrected chi connectivity index (χ1v) is 4.49. The highest BCUT2D eigenvalue weighted by atomic mass is 35.5. The summed E-state index contributed by atoms with van der Waals surface area (Å²) in [5, 5.41) is 4.67. The summed E-state index contributed by atoms with van der Waals surface area (Å²) in [7, 11) is 3.30. The molecule has 0 aliphatic carbocycles. The highest BCUT2D eigenvalue weighted by molar-refractivity contribution is 6.30. The van der Waals surface area contributed by atoms with Gasteiger partial charge < -0.3 is 5.32 Å². The summed E-state index contributed by atoms with van der Waals surface area (Å²) in [6.07, 6.45) is 0. The number of hydrogen-bond donors (Lipinski definition) is 2. The summed E-state index contributed by atoms with van der Waals surface area (Å²) < 4.78 is 0. The van der Waals surface area contributed by atoms with E-state index in [0.717, 1.165) is 0 Å². The van der Waals surface area contributed by atoms with Gasteiger partial charge in [-0.05, 0) is 24.3 Å². The number of amides is 2. The first kappa shape index (κ1) is 10.8. The molecule has 4 nitrogen and oxygen atoms in total. The van der Waals surface area contributed by atoms with Gasteiger partial charge in [-0.2, -0.15) is 0 Å². The molecular formula is C9H12ClN3O. The lowest BCUT2D eigenvalue weighted by atomic mass is 10.3. The van der Waals surface area contributed by atoms with Crippen molar-refractivity contribution in [2.75, 3.05) is 19.4 Å². The molecule has 0 saturated heterocycles. The van der Waals surface area contributed by atoms with Gasteiger partial charge in [-0.15, -0.1) is 0 Å². The average molecular weight is 214 g/mol. The molecule has 1 aromatic rings. The van der Waals surface area contributed by atoms with Gasteiger partial charge in [-0.1, -0.05) is 11.6 Å². The van der Waals surface area contributed by atoms with Crippen LogP contribution in [0.15, 0.2) is 24.3 Å². The Kier molecular flexibility index (Phi) is 3.73. The number of halogens is 1. The van der Waals surface area contributed by atoms with Gasteiger partial charge in [0.1, 0.15) is 0 Å². The number of carbonyl (C=O) groups excluding carboxylic acids is 1. The second-order valence-corrected chi connectivity index (χ2v) is 3.16. The average Bonchev–Trinajstić information content (AvgIpc) is 2.20. The third kappa shape index (κ3) is 2.90. The first-order valence-electron chi connectivity index (χ1n) is 4.11. The third-order valence-electron chi connectivity index (χ3n) is 1.74. The van der Waals surface area contributed by atoms with Crippen LogP contribution in [0.4, 0.5) is 10.5 Å². The molecule has 0 saturated carbocycles. The molecule has 76 valence electrons. The number of hydrogen-bond acceptors (Lipinski definition) is 2. The second kappa shape index (κ2) is 4.83. The van der Waals surface area contributed by atoms with E-state index < -0.39 is 0 Å². The zero-order chi connectivity index (χ0) is 10.6. The largest absolute Gasteiger partial charge is 0.335 e. The van der Waals surface area contributed by atoms with E-state index in [1.807, 2.05) is 0 Å². The van der Waals surface area contributed by atoms with Crippen LogP contribution in [0.3, 0.4) is 0 Å². The maximum absolute atomic E-state index is 11.3. The molecule has 0 bridgehead atoms. The molecule has 0 radical (unpaired) electrons. The number of nitrogens with zero attached hydrogens (tertiary/aromatic N) is 1. The first-order chi connectivity index (χ1) is 6.63. The Morgan fingerprint density at radius 3 is 2.43 bits per heavy atom. The highest BCUT2D eigenvalue weighted by Crippen LogP contribution is 2.13. The van der Waals surface area contributed by atoms with Crippen LogP contribution in [0, 0.1) is 0 Å². The third-order valence-corrected chi connectivity index (χ3v) is 1.99. The maximum atomic E-state index is 11.3. The minimum absolute atomic E-state index is 0.227. The summed E-state index contributed by atoms with van der Waals surface area (Å²) in [5.41, 5.74) is 3.40. The van der Waals surface area contributed by atoms with Crippen LogP contribution < -0.4 is 10.7 Å². The Bertz CT molecular complexity index is 312. The Balaban J connectivity index is 2.60. The van der Waals surface area contributed by atoms with Crippen molar-refractivity contribution in [3.05, 3.63) is 29.3 Å². The fraction of sp³-hybridized carbons (Fsp3) is 0.222. The molecule has 5 heteroatoms. The molecule has 0 spiro atoms. The van der Waals surface area contributed by atoms with Crippen molar-refractivity contribution in [1.82, 2.24) is 10.4 Å². The molecule has 0 unspecified atom stereocenters. The van der Waals surface area contributed by atoms with Gasteiger partial charge >= 0.3 is 6.03 Å². The summed E-state index contributed by atoms with van der Waals surface area (Å²) in [6, 6.07) is 6.69. The number of nitrogens with one attached hydrogen (secondary N) is 2. The van der Waals surface area contributed by atoms with Gasteiger partial charge in [-0.3, -0.25) is 5.01 Å². The molecule has 0 atom stereocenters. The zero-order valence-electron chi connectivity index (χ0n) is 8.04. The lowest BCUT2D eigenvalue weighted by Gasteiger charge is -2.15. The van der Waals surface area contributed by atoms with Crippen molar-refractivity contribution in [1.29, 1.82) is 0 Å². The number of carbonyl (C=O) groups is 1. The normalized spacial score (nSPS) is 9.64. The SMILES string of the molecule is CNN(C)C(=O)Nc1ccc(Cl)cc1. The van der Waals surface area contributed by atoms with Crippen molar-refractivity contribution >= 4 is 23.3 Å². The molecule has 0 fully saturated rings. The van der Waals surface area contributed by atoms with E-state index in [2.05, 4.69) is 10.7 Å². The molecule has 0 aromatic heterocycles. The van der Waals surface area contributed by atoms with E-state index in [9.17, 15) is 4.79 Å². The zero-order valence-corrected chi connectivity index (χ0v) is 8.80. The van der Waals surface area contributed by atoms with Crippen LogP contribution in [-0.2, 0) is 0 Å². The quantitative estimate of drug-likeness (QED) is 0.738. The van der Waals surface area contributed by atoms with Crippen molar-refractivity contribution in [3.63, 3.8) is 0 Å². The van der Waals surface area contributed by atoms with Crippen molar-refractivity contribution in [2.24, 2.45) is 0 Å². The van der Waals surface area contributed by atoms with Gasteiger partial charge in [0.15, 0.2) is 0 Å². The van der Waals surface area contributed by atoms with Crippen LogP contribution in [0.1, 0.15) is 0 Å². The number of rotatable bonds is 2. The molecular weight excluding hydrogens is 202 g/mol. The van der Waals surface area contributed by atoms with E-state index in [1.165, 1.54) is 5.01 Å². The van der Waals surface area contributed by atoms with Gasteiger partial charge in [0.05, 0.1) is 0 Å². The predicted octanol–water partition coefficient (Wildman–Crippen LogP) is 1.94. The molecule has 14 heavy (non-hydrogen) atoms. The topological polar surface area (TPSA) is 44.4 Å². The van der Waals surface area contributed by atoms with E-state index in [0.29, 0.717) is 10.7 Å². The molecule has 0 aliphatic rings. The number of hydrazine groups is 1. The summed E-state index contributed by atoms with van der Waals surface area (Å²) in [6.45, 7) is 0. The van der Waals surface area contributed by atoms with Crippen LogP contribution >= 0.6 is 11.6 Å². The Labute approximate surface area is 87.8 Å². The van der Waals surface area contributed by atoms with Gasteiger partial charge in [0, 0.05) is 24.8 Å². The van der Waals surface area contributed by atoms with Gasteiger partial charge in [-0.25, -0.2) is 10.2 Å². The summed E-state index contributed by atoms with van der Waals surface area (Å²) >= 11 is 5.70. The van der Waals surface area contributed by atoms with Gasteiger partial charge in [0.25, 0.3) is 0 Å². The fourth-order valence-corrected chi connectivity index (χ4v) is 0.968. The van der Waals surface area contributed by atoms with E-state index in [-0.39, 0.29) is 6.03 Å². The van der Waals surface area contributed by atoms with Gasteiger partial charge in [0.2, 0.25) is 0 Å². The standard InChI is InChI=1S/C9H12ClN3O/c1-11-13(2)9(14)12-8-5-3-7(10)4-6-8/h3-6,11H,1-2H3,(H,12,14). The fourth-order valence-electron chi connectivity index (χ4n) is 0.842. The second-order valence-electron chi connectivity index (χ2n) is 2.72. The van der Waals surface area contributed by atoms with Crippen LogP contribution in [0.2, 0.25) is 5.02 Å². The lowest BCUT2D eigenvalue weighted by Crippen LogP contribution is -2.39. The Morgan fingerprint density at radius 2 is 1.93 bits per heavy atom. The minimum atomic E-state index is -0.227. The van der Waals surface area contributed by atoms with Crippen molar-refractivity contribution in [2.45, 2.75) is 0 Å². The van der Waals surface area contributed by atoms with Crippen LogP contribution in [-0.4, -0.2) is 25.1 Å². The summed E-state index contributed by atoms with van der Waals surface area (Å²) in [4.78, 5) is 11.3. The molecule has 2 N–H and O–H groups in total. The van der Waals surface area contributed by atoms with E-state index in [1.54, 1.807) is 38.4 Å². The van der Waals surface area contributed by atoms with Crippen molar-refractivity contribution in [3.8, 4) is 0 Å². The molecule has 0 aliphatic heterocycles. The number of anilines is 1. The number of benzene rings is 1. The Hall–Kier alpha value is -1.26. The highest BCUT2D eigenvalue weighted by Gasteiger charge is 2.05. The lowest BCUT2D eigenvalue weighted by molar-refractivity contribution is 0.207. The smallest absolute Gasteiger partial charge is 0.307 e. The molecule has 2 amide bonds. The van der Waals surface area contributed by atoms with E-state index >= 15 is 0 Å². The molecule has 1 rings (SSSR count). The maximum Gasteiger partial charge on any atom is 0.335 e. The monoisotopic (exact) mass is 213 g/mol. The molecule has 1 aromatic carbocycles. The summed E-state index contributed by atoms with van der Waals surface area (Å²) in [5.74, 6) is 0. The minimum Gasteiger partial charge on any atom is -0.307 e. The van der Waals surface area contributed by atoms with Crippen LogP contribution in [0.5, 0.6) is 0 Å². The molecule has 0 heterocycles. The number of urea groups is 1. The van der Waals surface area contributed by atoms with E-state index in [4.69, 9.17) is 11.6 Å². The van der Waals surface area contributed by atoms with Crippen molar-refractivity contribution < 1.29 is 4.79 Å². The van der Waals surface area contributed by atoms with Crippen LogP contribution in [0.25, 0.3) is 0 Å².